The van der Waals surface area contributed by atoms with Crippen molar-refractivity contribution in [2.45, 2.75) is 51.6 Å². The van der Waals surface area contributed by atoms with E-state index in [1.54, 1.807) is 13.8 Å². The minimum Gasteiger partial charge on any atom is -0.550 e. The molecule has 3 rings (SSSR count). The van der Waals surface area contributed by atoms with Crippen LogP contribution in [0.1, 0.15) is 56.4 Å². The molecule has 1 aromatic heterocycles. The van der Waals surface area contributed by atoms with Crippen molar-refractivity contribution >= 4 is 11.9 Å². The van der Waals surface area contributed by atoms with Crippen LogP contribution in [-0.4, -0.2) is 41.7 Å². The molecular formula is C21H28N4O4. The minimum absolute atomic E-state index is 0.0178. The molecule has 0 spiro atoms. The molecule has 0 saturated carbocycles. The van der Waals surface area contributed by atoms with Gasteiger partial charge in [-0.1, -0.05) is 49.3 Å². The van der Waals surface area contributed by atoms with Crippen LogP contribution >= 0.6 is 0 Å². The van der Waals surface area contributed by atoms with E-state index in [1.807, 2.05) is 37.4 Å². The zero-order valence-corrected chi connectivity index (χ0v) is 17.1. The summed E-state index contributed by atoms with van der Waals surface area (Å²) in [6, 6.07) is 9.98. The van der Waals surface area contributed by atoms with Crippen LogP contribution in [0.2, 0.25) is 0 Å². The van der Waals surface area contributed by atoms with Gasteiger partial charge < -0.3 is 24.6 Å². The number of carboxylic acids is 1. The van der Waals surface area contributed by atoms with E-state index in [4.69, 9.17) is 4.52 Å². The summed E-state index contributed by atoms with van der Waals surface area (Å²) in [6.45, 7) is 4.25. The van der Waals surface area contributed by atoms with E-state index in [0.717, 1.165) is 12.1 Å². The maximum absolute atomic E-state index is 12.4. The molecule has 156 valence electrons. The molecule has 0 radical (unpaired) electrons. The molecule has 8 nitrogen and oxygen atoms in total. The first-order valence-corrected chi connectivity index (χ1v) is 9.90. The molecule has 1 unspecified atom stereocenters. The Morgan fingerprint density at radius 3 is 2.69 bits per heavy atom. The quantitative estimate of drug-likeness (QED) is 0.627. The third kappa shape index (κ3) is 5.87. The lowest BCUT2D eigenvalue weighted by atomic mass is 9.85. The fraction of sp³-hybridized carbons (Fsp3) is 0.524. The molecule has 2 heterocycles. The molecule has 1 saturated heterocycles. The molecule has 3 atom stereocenters. The van der Waals surface area contributed by atoms with E-state index < -0.39 is 11.4 Å². The fourth-order valence-electron chi connectivity index (χ4n) is 3.95. The van der Waals surface area contributed by atoms with Crippen LogP contribution in [0.5, 0.6) is 0 Å². The monoisotopic (exact) mass is 400 g/mol. The molecule has 2 N–H and O–H groups in total. The van der Waals surface area contributed by atoms with Gasteiger partial charge in [0, 0.05) is 25.2 Å². The number of aromatic nitrogens is 2. The first kappa shape index (κ1) is 21.0. The van der Waals surface area contributed by atoms with Crippen LogP contribution in [0.4, 0.5) is 0 Å². The average molecular weight is 400 g/mol. The average Bonchev–Trinajstić information content (AvgIpc) is 3.20. The summed E-state index contributed by atoms with van der Waals surface area (Å²) >= 11 is 0. The van der Waals surface area contributed by atoms with Crippen molar-refractivity contribution in [1.82, 2.24) is 15.5 Å². The largest absolute Gasteiger partial charge is 0.550 e. The van der Waals surface area contributed by atoms with Gasteiger partial charge in [-0.15, -0.1) is 0 Å². The highest BCUT2D eigenvalue weighted by Crippen LogP contribution is 2.25. The van der Waals surface area contributed by atoms with Gasteiger partial charge in [0.05, 0.1) is 19.6 Å². The van der Waals surface area contributed by atoms with E-state index in [0.29, 0.717) is 24.6 Å². The molecule has 1 amide bonds. The number of carbonyl (C=O) groups excluding carboxylic acids is 2. The van der Waals surface area contributed by atoms with Gasteiger partial charge >= 0.3 is 0 Å². The van der Waals surface area contributed by atoms with Crippen LogP contribution < -0.4 is 15.3 Å². The molecule has 0 bridgehead atoms. The van der Waals surface area contributed by atoms with Gasteiger partial charge in [-0.25, -0.2) is 0 Å². The SMILES string of the molecule is C[NH+]1C[C@@H](NC(=O)CC(C)(C)CC(=O)[O-])C[C@H]1c1nc(Cc2ccccc2)no1. The summed E-state index contributed by atoms with van der Waals surface area (Å²) in [5, 5.41) is 18.0. The normalized spacial score (nSPS) is 21.8. The molecule has 0 aliphatic carbocycles. The smallest absolute Gasteiger partial charge is 0.285 e. The summed E-state index contributed by atoms with van der Waals surface area (Å²) in [5.74, 6) is -0.0569. The lowest BCUT2D eigenvalue weighted by molar-refractivity contribution is -0.900. The summed E-state index contributed by atoms with van der Waals surface area (Å²) in [7, 11) is 2.04. The molecule has 1 fully saturated rings. The molecule has 8 heteroatoms. The van der Waals surface area contributed by atoms with Crippen molar-refractivity contribution in [3.63, 3.8) is 0 Å². The van der Waals surface area contributed by atoms with Crippen molar-refractivity contribution in [2.75, 3.05) is 13.6 Å². The van der Waals surface area contributed by atoms with Crippen LogP contribution in [-0.2, 0) is 16.0 Å². The van der Waals surface area contributed by atoms with Crippen molar-refractivity contribution in [1.29, 1.82) is 0 Å². The standard InChI is InChI=1S/C21H28N4O4/c1-21(2,12-19(27)28)11-18(26)22-15-10-16(25(3)13-15)20-23-17(24-29-20)9-14-7-5-4-6-8-14/h4-8,15-16H,9-13H2,1-3H3,(H,22,26)(H,27,28)/t15-,16-/m0/s1. The number of hydrogen-bond acceptors (Lipinski definition) is 6. The highest BCUT2D eigenvalue weighted by molar-refractivity contribution is 5.78. The molecule has 1 aromatic carbocycles. The van der Waals surface area contributed by atoms with Gasteiger partial charge in [-0.05, 0) is 17.4 Å². The van der Waals surface area contributed by atoms with Gasteiger partial charge in [0.25, 0.3) is 5.89 Å². The number of aliphatic carboxylic acids is 1. The number of hydrogen-bond donors (Lipinski definition) is 2. The van der Waals surface area contributed by atoms with Crippen LogP contribution in [0.15, 0.2) is 34.9 Å². The Morgan fingerprint density at radius 2 is 2.00 bits per heavy atom. The van der Waals surface area contributed by atoms with Crippen LogP contribution in [0, 0.1) is 5.41 Å². The maximum Gasteiger partial charge on any atom is 0.285 e. The number of likely N-dealkylation sites (N-methyl/N-ethyl adjacent to an activating group) is 1. The lowest BCUT2D eigenvalue weighted by Crippen LogP contribution is -3.07. The Labute approximate surface area is 170 Å². The van der Waals surface area contributed by atoms with Crippen molar-refractivity contribution in [3.05, 3.63) is 47.6 Å². The van der Waals surface area contributed by atoms with Crippen molar-refractivity contribution in [2.24, 2.45) is 5.41 Å². The molecule has 2 aromatic rings. The predicted octanol–water partition coefficient (Wildman–Crippen LogP) is -0.339. The molecular weight excluding hydrogens is 372 g/mol. The highest BCUT2D eigenvalue weighted by atomic mass is 16.5. The van der Waals surface area contributed by atoms with E-state index in [-0.39, 0.29) is 30.8 Å². The Balaban J connectivity index is 1.56. The summed E-state index contributed by atoms with van der Waals surface area (Å²) in [4.78, 5) is 29.0. The van der Waals surface area contributed by atoms with Gasteiger partial charge in [0.2, 0.25) is 5.91 Å². The number of nitrogens with one attached hydrogen (secondary N) is 2. The second kappa shape index (κ2) is 8.73. The number of quaternary nitrogens is 1. The predicted molar refractivity (Wildman–Crippen MR) is 103 cm³/mol. The van der Waals surface area contributed by atoms with Gasteiger partial charge in [-0.2, -0.15) is 4.98 Å². The first-order valence-electron chi connectivity index (χ1n) is 9.90. The minimum atomic E-state index is -1.14. The van der Waals surface area contributed by atoms with Crippen molar-refractivity contribution < 1.29 is 24.1 Å². The summed E-state index contributed by atoms with van der Waals surface area (Å²) in [6.07, 6.45) is 1.31. The topological polar surface area (TPSA) is 113 Å². The second-order valence-electron chi connectivity index (χ2n) is 8.70. The number of benzene rings is 1. The summed E-state index contributed by atoms with van der Waals surface area (Å²) < 4.78 is 5.50. The second-order valence-corrected chi connectivity index (χ2v) is 8.70. The van der Waals surface area contributed by atoms with E-state index in [1.165, 1.54) is 4.90 Å². The molecule has 29 heavy (non-hydrogen) atoms. The van der Waals surface area contributed by atoms with Crippen LogP contribution in [0.3, 0.4) is 0 Å². The highest BCUT2D eigenvalue weighted by Gasteiger charge is 2.39. The lowest BCUT2D eigenvalue weighted by Gasteiger charge is -2.24. The van der Waals surface area contributed by atoms with E-state index >= 15 is 0 Å². The number of rotatable bonds is 8. The van der Waals surface area contributed by atoms with Gasteiger partial charge in [0.1, 0.15) is 0 Å². The number of carboxylic acid groups (broad SMARTS) is 1. The van der Waals surface area contributed by atoms with Gasteiger partial charge in [0.15, 0.2) is 11.9 Å². The number of carbonyl (C=O) groups is 2. The molecule has 1 aliphatic heterocycles. The third-order valence-electron chi connectivity index (χ3n) is 5.30. The fourth-order valence-corrected chi connectivity index (χ4v) is 3.95. The Kier molecular flexibility index (Phi) is 6.32. The van der Waals surface area contributed by atoms with Crippen molar-refractivity contribution in [3.8, 4) is 0 Å². The van der Waals surface area contributed by atoms with Gasteiger partial charge in [-0.3, -0.25) is 4.79 Å². The van der Waals surface area contributed by atoms with Crippen LogP contribution in [0.25, 0.3) is 0 Å². The zero-order valence-electron chi connectivity index (χ0n) is 17.1. The Morgan fingerprint density at radius 1 is 1.28 bits per heavy atom. The first-order chi connectivity index (χ1) is 13.7. The number of amides is 1. The number of nitrogens with zero attached hydrogens (tertiary/aromatic N) is 2. The number of likely N-dealkylation sites (tertiary alicyclic amines) is 1. The Bertz CT molecular complexity index is 849. The maximum atomic E-state index is 12.4. The Hall–Kier alpha value is -2.74. The van der Waals surface area contributed by atoms with E-state index in [2.05, 4.69) is 15.5 Å². The van der Waals surface area contributed by atoms with E-state index in [9.17, 15) is 14.7 Å². The summed E-state index contributed by atoms with van der Waals surface area (Å²) in [5.41, 5.74) is 0.481. The zero-order chi connectivity index (χ0) is 21.0. The third-order valence-corrected chi connectivity index (χ3v) is 5.30. The molecule has 1 aliphatic rings.